The van der Waals surface area contributed by atoms with E-state index in [1.807, 2.05) is 13.8 Å². The lowest BCUT2D eigenvalue weighted by Crippen LogP contribution is -2.21. The van der Waals surface area contributed by atoms with Crippen LogP contribution in [0.15, 0.2) is 35.3 Å². The number of carbonyl (C=O) groups is 1. The molecule has 22 heavy (non-hydrogen) atoms. The van der Waals surface area contributed by atoms with Crippen LogP contribution in [0.25, 0.3) is 0 Å². The Morgan fingerprint density at radius 2 is 2.23 bits per heavy atom. The van der Waals surface area contributed by atoms with Crippen molar-refractivity contribution >= 4 is 33.4 Å². The second-order valence-electron chi connectivity index (χ2n) is 4.81. The molecule has 0 unspecified atom stereocenters. The molecule has 0 aliphatic heterocycles. The van der Waals surface area contributed by atoms with Crippen LogP contribution in [-0.4, -0.2) is 22.3 Å². The van der Waals surface area contributed by atoms with Crippen molar-refractivity contribution in [2.45, 2.75) is 20.3 Å². The molecule has 2 aromatic rings. The number of allylic oxidation sites excluding steroid dienone is 1. The van der Waals surface area contributed by atoms with Crippen molar-refractivity contribution in [3.05, 3.63) is 57.3 Å². The summed E-state index contributed by atoms with van der Waals surface area (Å²) in [6.45, 7) is 7.33. The SMILES string of the molecule is C=CCc1c(C)nn(C(=O)COc2ccc(Br)cc2Cl)c1C. The first-order chi connectivity index (χ1) is 10.4. The van der Waals surface area contributed by atoms with Gasteiger partial charge in [0.05, 0.1) is 10.7 Å². The zero-order valence-corrected chi connectivity index (χ0v) is 14.7. The fourth-order valence-corrected chi connectivity index (χ4v) is 2.88. The molecule has 0 radical (unpaired) electrons. The number of ether oxygens (including phenoxy) is 1. The largest absolute Gasteiger partial charge is 0.482 e. The lowest BCUT2D eigenvalue weighted by Gasteiger charge is -2.08. The van der Waals surface area contributed by atoms with Crippen molar-refractivity contribution < 1.29 is 9.53 Å². The van der Waals surface area contributed by atoms with Crippen molar-refractivity contribution in [2.24, 2.45) is 0 Å². The zero-order valence-electron chi connectivity index (χ0n) is 12.4. The van der Waals surface area contributed by atoms with Crippen LogP contribution in [0.3, 0.4) is 0 Å². The molecule has 0 saturated carbocycles. The van der Waals surface area contributed by atoms with E-state index in [1.54, 1.807) is 24.3 Å². The van der Waals surface area contributed by atoms with Crippen LogP contribution in [0.5, 0.6) is 5.75 Å². The molecule has 0 fully saturated rings. The van der Waals surface area contributed by atoms with Crippen LogP contribution in [0.4, 0.5) is 0 Å². The quantitative estimate of drug-likeness (QED) is 0.720. The molecule has 0 aliphatic rings. The molecule has 1 aromatic heterocycles. The number of halogens is 2. The van der Waals surface area contributed by atoms with Gasteiger partial charge in [-0.05, 0) is 38.5 Å². The van der Waals surface area contributed by atoms with E-state index in [0.717, 1.165) is 21.4 Å². The molecule has 4 nitrogen and oxygen atoms in total. The summed E-state index contributed by atoms with van der Waals surface area (Å²) in [4.78, 5) is 12.3. The topological polar surface area (TPSA) is 44.1 Å². The molecular formula is C16H16BrClN2O2. The third kappa shape index (κ3) is 3.59. The second kappa shape index (κ2) is 7.11. The Kier molecular flexibility index (Phi) is 5.42. The molecule has 0 saturated heterocycles. The van der Waals surface area contributed by atoms with E-state index in [2.05, 4.69) is 27.6 Å². The number of hydrogen-bond donors (Lipinski definition) is 0. The summed E-state index contributed by atoms with van der Waals surface area (Å²) in [5.41, 5.74) is 2.66. The summed E-state index contributed by atoms with van der Waals surface area (Å²) < 4.78 is 7.72. The third-order valence-corrected chi connectivity index (χ3v) is 4.06. The minimum Gasteiger partial charge on any atom is -0.482 e. The Labute approximate surface area is 142 Å². The van der Waals surface area contributed by atoms with Crippen molar-refractivity contribution in [3.8, 4) is 5.75 Å². The van der Waals surface area contributed by atoms with Gasteiger partial charge in [0.15, 0.2) is 6.61 Å². The van der Waals surface area contributed by atoms with Crippen molar-refractivity contribution in [1.29, 1.82) is 0 Å². The van der Waals surface area contributed by atoms with Crippen molar-refractivity contribution in [1.82, 2.24) is 9.78 Å². The van der Waals surface area contributed by atoms with Gasteiger partial charge in [-0.2, -0.15) is 5.10 Å². The summed E-state index contributed by atoms with van der Waals surface area (Å²) >= 11 is 9.38. The van der Waals surface area contributed by atoms with E-state index in [4.69, 9.17) is 16.3 Å². The Hall–Kier alpha value is -1.59. The van der Waals surface area contributed by atoms with Gasteiger partial charge in [-0.1, -0.05) is 33.6 Å². The minimum atomic E-state index is -0.241. The van der Waals surface area contributed by atoms with Crippen LogP contribution in [0.1, 0.15) is 21.7 Å². The Morgan fingerprint density at radius 1 is 1.50 bits per heavy atom. The normalized spacial score (nSPS) is 10.5. The highest BCUT2D eigenvalue weighted by molar-refractivity contribution is 9.10. The number of aryl methyl sites for hydroxylation is 1. The molecule has 6 heteroatoms. The fraction of sp³-hybridized carbons (Fsp3) is 0.250. The van der Waals surface area contributed by atoms with E-state index in [-0.39, 0.29) is 12.5 Å². The molecule has 0 bridgehead atoms. The number of aromatic nitrogens is 2. The van der Waals surface area contributed by atoms with E-state index in [0.29, 0.717) is 17.2 Å². The van der Waals surface area contributed by atoms with Crippen molar-refractivity contribution in [3.63, 3.8) is 0 Å². The van der Waals surface area contributed by atoms with Gasteiger partial charge in [0.25, 0.3) is 5.91 Å². The standard InChI is InChI=1S/C16H16BrClN2O2/c1-4-5-13-10(2)19-20(11(13)3)16(21)9-22-15-7-6-12(17)8-14(15)18/h4,6-8H,1,5,9H2,2-3H3. The van der Waals surface area contributed by atoms with Gasteiger partial charge < -0.3 is 4.74 Å². The fourth-order valence-electron chi connectivity index (χ4n) is 2.15. The molecular weight excluding hydrogens is 368 g/mol. The van der Waals surface area contributed by atoms with Gasteiger partial charge in [-0.15, -0.1) is 6.58 Å². The first-order valence-electron chi connectivity index (χ1n) is 6.71. The predicted molar refractivity (Wildman–Crippen MR) is 90.9 cm³/mol. The summed E-state index contributed by atoms with van der Waals surface area (Å²) in [6, 6.07) is 5.23. The molecule has 0 aliphatic carbocycles. The Balaban J connectivity index is 2.13. The van der Waals surface area contributed by atoms with Gasteiger partial charge in [0, 0.05) is 15.7 Å². The monoisotopic (exact) mass is 382 g/mol. The van der Waals surface area contributed by atoms with Gasteiger partial charge in [-0.3, -0.25) is 4.79 Å². The smallest absolute Gasteiger partial charge is 0.284 e. The van der Waals surface area contributed by atoms with E-state index in [9.17, 15) is 4.79 Å². The number of carbonyl (C=O) groups excluding carboxylic acids is 1. The van der Waals surface area contributed by atoms with Gasteiger partial charge >= 0.3 is 0 Å². The molecule has 0 N–H and O–H groups in total. The molecule has 1 heterocycles. The lowest BCUT2D eigenvalue weighted by atomic mass is 10.1. The first kappa shape index (κ1) is 16.8. The first-order valence-corrected chi connectivity index (χ1v) is 7.88. The van der Waals surface area contributed by atoms with Gasteiger partial charge in [-0.25, -0.2) is 4.68 Å². The Bertz CT molecular complexity index is 725. The van der Waals surface area contributed by atoms with E-state index < -0.39 is 0 Å². The predicted octanol–water partition coefficient (Wildman–Crippen LogP) is 4.36. The molecule has 0 amide bonds. The van der Waals surface area contributed by atoms with Crippen LogP contribution >= 0.6 is 27.5 Å². The average molecular weight is 384 g/mol. The van der Waals surface area contributed by atoms with E-state index in [1.165, 1.54) is 4.68 Å². The molecule has 0 spiro atoms. The van der Waals surface area contributed by atoms with E-state index >= 15 is 0 Å². The maximum Gasteiger partial charge on any atom is 0.284 e. The molecule has 116 valence electrons. The number of benzene rings is 1. The highest BCUT2D eigenvalue weighted by Crippen LogP contribution is 2.27. The van der Waals surface area contributed by atoms with Gasteiger partial charge in [0.1, 0.15) is 5.75 Å². The number of hydrogen-bond acceptors (Lipinski definition) is 3. The summed E-state index contributed by atoms with van der Waals surface area (Å²) in [5.74, 6) is 0.223. The third-order valence-electron chi connectivity index (χ3n) is 3.27. The summed E-state index contributed by atoms with van der Waals surface area (Å²) in [6.07, 6.45) is 2.48. The van der Waals surface area contributed by atoms with Crippen molar-refractivity contribution in [2.75, 3.05) is 6.61 Å². The van der Waals surface area contributed by atoms with Crippen LogP contribution in [0.2, 0.25) is 5.02 Å². The number of rotatable bonds is 5. The highest BCUT2D eigenvalue weighted by Gasteiger charge is 2.16. The Morgan fingerprint density at radius 3 is 2.86 bits per heavy atom. The second-order valence-corrected chi connectivity index (χ2v) is 6.13. The maximum absolute atomic E-state index is 12.3. The summed E-state index contributed by atoms with van der Waals surface area (Å²) in [5, 5.41) is 4.72. The minimum absolute atomic E-state index is 0.128. The highest BCUT2D eigenvalue weighted by atomic mass is 79.9. The van der Waals surface area contributed by atoms with Crippen LogP contribution in [0, 0.1) is 13.8 Å². The number of nitrogens with zero attached hydrogens (tertiary/aromatic N) is 2. The molecule has 1 aromatic carbocycles. The van der Waals surface area contributed by atoms with Crippen LogP contribution in [-0.2, 0) is 6.42 Å². The average Bonchev–Trinajstić information content (AvgIpc) is 2.74. The zero-order chi connectivity index (χ0) is 16.3. The molecule has 0 atom stereocenters. The maximum atomic E-state index is 12.3. The molecule has 2 rings (SSSR count). The summed E-state index contributed by atoms with van der Waals surface area (Å²) in [7, 11) is 0. The van der Waals surface area contributed by atoms with Gasteiger partial charge in [0.2, 0.25) is 0 Å². The lowest BCUT2D eigenvalue weighted by molar-refractivity contribution is 0.0818. The van der Waals surface area contributed by atoms with Crippen LogP contribution < -0.4 is 4.74 Å².